The molecule has 17 heavy (non-hydrogen) atoms. The molecule has 1 aliphatic heterocycles. The van der Waals surface area contributed by atoms with Crippen molar-refractivity contribution < 1.29 is 9.90 Å². The highest BCUT2D eigenvalue weighted by atomic mass is 16.4. The van der Waals surface area contributed by atoms with Gasteiger partial charge in [0.05, 0.1) is 5.92 Å². The summed E-state index contributed by atoms with van der Waals surface area (Å²) in [5.41, 5.74) is 6.42. The van der Waals surface area contributed by atoms with Gasteiger partial charge in [-0.05, 0) is 25.9 Å². The third-order valence-corrected chi connectivity index (χ3v) is 3.07. The van der Waals surface area contributed by atoms with E-state index in [9.17, 15) is 4.79 Å². The number of carbonyl (C=O) groups is 1. The normalized spacial score (nSPS) is 18.1. The Kier molecular flexibility index (Phi) is 3.53. The molecule has 6 heteroatoms. The second-order valence-corrected chi connectivity index (χ2v) is 4.34. The molecule has 1 saturated heterocycles. The van der Waals surface area contributed by atoms with Crippen LogP contribution in [-0.4, -0.2) is 39.0 Å². The van der Waals surface area contributed by atoms with Crippen LogP contribution in [0.2, 0.25) is 0 Å². The number of nitrogen functional groups attached to an aromatic ring is 1. The van der Waals surface area contributed by atoms with E-state index in [1.165, 1.54) is 0 Å². The minimum atomic E-state index is -0.680. The van der Waals surface area contributed by atoms with Gasteiger partial charge in [0.15, 0.2) is 0 Å². The number of carboxylic acids is 1. The summed E-state index contributed by atoms with van der Waals surface area (Å²) < 4.78 is 0. The molecule has 0 aliphatic carbocycles. The molecule has 0 saturated carbocycles. The minimum absolute atomic E-state index is 0.186. The summed E-state index contributed by atoms with van der Waals surface area (Å²) in [6, 6.07) is 0. The van der Waals surface area contributed by atoms with Crippen molar-refractivity contribution in [2.75, 3.05) is 18.8 Å². The van der Waals surface area contributed by atoms with Crippen molar-refractivity contribution >= 4 is 11.9 Å². The Morgan fingerprint density at radius 2 is 2.00 bits per heavy atom. The van der Waals surface area contributed by atoms with Gasteiger partial charge in [-0.15, -0.1) is 0 Å². The second kappa shape index (κ2) is 5.09. The molecule has 92 valence electrons. The quantitative estimate of drug-likeness (QED) is 0.787. The molecule has 0 atom stereocenters. The van der Waals surface area contributed by atoms with Gasteiger partial charge in [0, 0.05) is 24.5 Å². The fourth-order valence-electron chi connectivity index (χ4n) is 2.04. The van der Waals surface area contributed by atoms with Gasteiger partial charge >= 0.3 is 5.97 Å². The molecule has 0 amide bonds. The number of carboxylic acid groups (broad SMARTS) is 1. The van der Waals surface area contributed by atoms with Crippen LogP contribution in [-0.2, 0) is 11.3 Å². The predicted octanol–water partition coefficient (Wildman–Crippen LogP) is 0.355. The highest BCUT2D eigenvalue weighted by molar-refractivity contribution is 5.70. The van der Waals surface area contributed by atoms with Crippen LogP contribution in [0.3, 0.4) is 0 Å². The second-order valence-electron chi connectivity index (χ2n) is 4.34. The molecule has 1 aliphatic rings. The SMILES string of the molecule is Nc1ncc(CN2CCC(C(=O)O)CC2)cn1. The van der Waals surface area contributed by atoms with E-state index >= 15 is 0 Å². The van der Waals surface area contributed by atoms with Crippen LogP contribution in [0.4, 0.5) is 5.95 Å². The molecule has 6 nitrogen and oxygen atoms in total. The van der Waals surface area contributed by atoms with Crippen molar-refractivity contribution in [3.05, 3.63) is 18.0 Å². The monoisotopic (exact) mass is 236 g/mol. The summed E-state index contributed by atoms with van der Waals surface area (Å²) in [5, 5.41) is 8.89. The summed E-state index contributed by atoms with van der Waals surface area (Å²) in [5.74, 6) is -0.590. The Labute approximate surface area is 99.5 Å². The van der Waals surface area contributed by atoms with E-state index in [0.29, 0.717) is 12.8 Å². The van der Waals surface area contributed by atoms with Crippen molar-refractivity contribution in [3.63, 3.8) is 0 Å². The van der Waals surface area contributed by atoms with E-state index in [0.717, 1.165) is 25.2 Å². The van der Waals surface area contributed by atoms with Crippen LogP contribution in [0.15, 0.2) is 12.4 Å². The van der Waals surface area contributed by atoms with Crippen LogP contribution in [0.25, 0.3) is 0 Å². The Morgan fingerprint density at radius 1 is 1.41 bits per heavy atom. The predicted molar refractivity (Wildman–Crippen MR) is 62.1 cm³/mol. The number of hydrogen-bond donors (Lipinski definition) is 2. The van der Waals surface area contributed by atoms with E-state index in [1.807, 2.05) is 0 Å². The van der Waals surface area contributed by atoms with Crippen LogP contribution >= 0.6 is 0 Å². The van der Waals surface area contributed by atoms with Gasteiger partial charge in [-0.2, -0.15) is 0 Å². The molecular weight excluding hydrogens is 220 g/mol. The molecule has 2 rings (SSSR count). The molecular formula is C11H16N4O2. The van der Waals surface area contributed by atoms with Gasteiger partial charge in [0.25, 0.3) is 0 Å². The van der Waals surface area contributed by atoms with Gasteiger partial charge in [-0.25, -0.2) is 9.97 Å². The molecule has 2 heterocycles. The Bertz CT molecular complexity index is 385. The largest absolute Gasteiger partial charge is 0.481 e. The number of piperidine rings is 1. The zero-order valence-corrected chi connectivity index (χ0v) is 9.54. The van der Waals surface area contributed by atoms with E-state index < -0.39 is 5.97 Å². The van der Waals surface area contributed by atoms with Gasteiger partial charge in [0.2, 0.25) is 5.95 Å². The molecule has 0 radical (unpaired) electrons. The first-order chi connectivity index (χ1) is 8.15. The third kappa shape index (κ3) is 3.13. The summed E-state index contributed by atoms with van der Waals surface area (Å²) in [4.78, 5) is 20.9. The molecule has 0 aromatic carbocycles. The van der Waals surface area contributed by atoms with Crippen molar-refractivity contribution in [2.24, 2.45) is 5.92 Å². The molecule has 0 spiro atoms. The van der Waals surface area contributed by atoms with E-state index in [4.69, 9.17) is 10.8 Å². The third-order valence-electron chi connectivity index (χ3n) is 3.07. The first-order valence-corrected chi connectivity index (χ1v) is 5.66. The van der Waals surface area contributed by atoms with Gasteiger partial charge in [0.1, 0.15) is 0 Å². The smallest absolute Gasteiger partial charge is 0.306 e. The lowest BCUT2D eigenvalue weighted by molar-refractivity contribution is -0.143. The van der Waals surface area contributed by atoms with Crippen molar-refractivity contribution in [3.8, 4) is 0 Å². The maximum atomic E-state index is 10.8. The van der Waals surface area contributed by atoms with E-state index in [-0.39, 0.29) is 11.9 Å². The van der Waals surface area contributed by atoms with Crippen LogP contribution in [0.5, 0.6) is 0 Å². The van der Waals surface area contributed by atoms with Gasteiger partial charge in [-0.3, -0.25) is 9.69 Å². The summed E-state index contributed by atoms with van der Waals surface area (Å²) in [6.45, 7) is 2.37. The molecule has 1 fully saturated rings. The number of anilines is 1. The zero-order chi connectivity index (χ0) is 12.3. The lowest BCUT2D eigenvalue weighted by Gasteiger charge is -2.29. The Morgan fingerprint density at radius 3 is 2.53 bits per heavy atom. The fourth-order valence-corrected chi connectivity index (χ4v) is 2.04. The summed E-state index contributed by atoms with van der Waals surface area (Å²) in [7, 11) is 0. The maximum absolute atomic E-state index is 10.8. The number of hydrogen-bond acceptors (Lipinski definition) is 5. The van der Waals surface area contributed by atoms with Gasteiger partial charge < -0.3 is 10.8 Å². The average molecular weight is 236 g/mol. The lowest BCUT2D eigenvalue weighted by Crippen LogP contribution is -2.35. The van der Waals surface area contributed by atoms with Crippen LogP contribution in [0, 0.1) is 5.92 Å². The Hall–Kier alpha value is -1.69. The molecule has 1 aromatic rings. The molecule has 1 aromatic heterocycles. The molecule has 0 unspecified atom stereocenters. The number of nitrogens with two attached hydrogens (primary N) is 1. The molecule has 0 bridgehead atoms. The highest BCUT2D eigenvalue weighted by Gasteiger charge is 2.24. The first-order valence-electron chi connectivity index (χ1n) is 5.66. The summed E-state index contributed by atoms with van der Waals surface area (Å²) in [6.07, 6.45) is 4.85. The maximum Gasteiger partial charge on any atom is 0.306 e. The summed E-state index contributed by atoms with van der Waals surface area (Å²) >= 11 is 0. The number of nitrogens with zero attached hydrogens (tertiary/aromatic N) is 3. The number of aliphatic carboxylic acids is 1. The fraction of sp³-hybridized carbons (Fsp3) is 0.545. The number of likely N-dealkylation sites (tertiary alicyclic amines) is 1. The van der Waals surface area contributed by atoms with Crippen molar-refractivity contribution in [1.29, 1.82) is 0 Å². The van der Waals surface area contributed by atoms with Crippen LogP contribution in [0.1, 0.15) is 18.4 Å². The number of aromatic nitrogens is 2. The standard InChI is InChI=1S/C11H16N4O2/c12-11-13-5-8(6-14-11)7-15-3-1-9(2-4-15)10(16)17/h5-6,9H,1-4,7H2,(H,16,17)(H2,12,13,14). The van der Waals surface area contributed by atoms with Gasteiger partial charge in [-0.1, -0.05) is 0 Å². The number of rotatable bonds is 3. The average Bonchev–Trinajstić information content (AvgIpc) is 2.33. The lowest BCUT2D eigenvalue weighted by atomic mass is 9.97. The van der Waals surface area contributed by atoms with Crippen molar-refractivity contribution in [1.82, 2.24) is 14.9 Å². The van der Waals surface area contributed by atoms with Crippen LogP contribution < -0.4 is 5.73 Å². The minimum Gasteiger partial charge on any atom is -0.481 e. The van der Waals surface area contributed by atoms with E-state index in [1.54, 1.807) is 12.4 Å². The molecule has 3 N–H and O–H groups in total. The zero-order valence-electron chi connectivity index (χ0n) is 9.54. The van der Waals surface area contributed by atoms with E-state index in [2.05, 4.69) is 14.9 Å². The topological polar surface area (TPSA) is 92.3 Å². The highest BCUT2D eigenvalue weighted by Crippen LogP contribution is 2.18. The first kappa shape index (κ1) is 11.8. The Balaban J connectivity index is 1.85. The van der Waals surface area contributed by atoms with Crippen molar-refractivity contribution in [2.45, 2.75) is 19.4 Å².